The molecule has 1 rings (SSSR count). The monoisotopic (exact) mass is 149 g/mol. The van der Waals surface area contributed by atoms with Gasteiger partial charge in [0.25, 0.3) is 5.54 Å². The Bertz CT molecular complexity index is 168. The standard InChI is InChI=1S/C5H5NO2.K/c1-6-5(2-3-5)4(7)8;/h2-3H2,(H,7,8);/q;+1/p-1. The van der Waals surface area contributed by atoms with Crippen LogP contribution in [0.5, 0.6) is 0 Å². The van der Waals surface area contributed by atoms with E-state index in [0.29, 0.717) is 12.8 Å². The van der Waals surface area contributed by atoms with Crippen LogP contribution in [0.25, 0.3) is 4.85 Å². The number of rotatable bonds is 1. The van der Waals surface area contributed by atoms with Gasteiger partial charge in [0, 0.05) is 12.8 Å². The first-order valence-corrected chi connectivity index (χ1v) is 2.31. The van der Waals surface area contributed by atoms with Gasteiger partial charge in [0.1, 0.15) is 5.97 Å². The zero-order valence-electron chi connectivity index (χ0n) is 5.18. The molecule has 9 heavy (non-hydrogen) atoms. The van der Waals surface area contributed by atoms with Crippen molar-refractivity contribution in [2.75, 3.05) is 0 Å². The molecule has 0 unspecified atom stereocenters. The molecule has 0 amide bonds. The summed E-state index contributed by atoms with van der Waals surface area (Å²) in [5.41, 5.74) is -1.11. The van der Waals surface area contributed by atoms with Gasteiger partial charge in [-0.3, -0.25) is 0 Å². The summed E-state index contributed by atoms with van der Waals surface area (Å²) in [5.74, 6) is -1.22. The van der Waals surface area contributed by atoms with Crippen LogP contribution in [-0.2, 0) is 4.79 Å². The number of hydrogen-bond acceptors (Lipinski definition) is 2. The maximum atomic E-state index is 9.99. The van der Waals surface area contributed by atoms with E-state index in [9.17, 15) is 9.90 Å². The third kappa shape index (κ3) is 1.76. The SMILES string of the molecule is [C-]#[N+]C1(C(=O)[O-])CC1.[K+]. The predicted octanol–water partition coefficient (Wildman–Crippen LogP) is -3.81. The summed E-state index contributed by atoms with van der Waals surface area (Å²) in [6, 6.07) is 0. The van der Waals surface area contributed by atoms with Crippen LogP contribution in [-0.4, -0.2) is 11.5 Å². The third-order valence-corrected chi connectivity index (χ3v) is 1.32. The number of carboxylic acid groups (broad SMARTS) is 1. The third-order valence-electron chi connectivity index (χ3n) is 1.32. The maximum absolute atomic E-state index is 9.99. The first-order chi connectivity index (χ1) is 3.71. The number of carbonyl (C=O) groups excluding carboxylic acids is 1. The predicted molar refractivity (Wildman–Crippen MR) is 23.6 cm³/mol. The summed E-state index contributed by atoms with van der Waals surface area (Å²) in [5, 5.41) is 9.99. The topological polar surface area (TPSA) is 44.5 Å². The van der Waals surface area contributed by atoms with Crippen molar-refractivity contribution in [2.45, 2.75) is 18.4 Å². The van der Waals surface area contributed by atoms with E-state index in [4.69, 9.17) is 6.57 Å². The van der Waals surface area contributed by atoms with Gasteiger partial charge in [-0.05, 0) is 0 Å². The van der Waals surface area contributed by atoms with Crippen LogP contribution >= 0.6 is 0 Å². The Labute approximate surface area is 95.7 Å². The van der Waals surface area contributed by atoms with Crippen molar-refractivity contribution in [3.63, 3.8) is 0 Å². The molecule has 0 heterocycles. The summed E-state index contributed by atoms with van der Waals surface area (Å²) in [6.45, 7) is 6.40. The first kappa shape index (κ1) is 9.60. The van der Waals surface area contributed by atoms with E-state index in [2.05, 4.69) is 4.85 Å². The van der Waals surface area contributed by atoms with Crippen LogP contribution in [0.15, 0.2) is 0 Å². The molecule has 1 aliphatic rings. The molecule has 0 atom stereocenters. The smallest absolute Gasteiger partial charge is 0.542 e. The van der Waals surface area contributed by atoms with Gasteiger partial charge >= 0.3 is 51.4 Å². The number of carboxylic acids is 1. The molecule has 1 saturated carbocycles. The van der Waals surface area contributed by atoms with Crippen LogP contribution < -0.4 is 56.5 Å². The molecule has 0 saturated heterocycles. The molecule has 0 aromatic heterocycles. The molecule has 0 N–H and O–H groups in total. The second-order valence-corrected chi connectivity index (χ2v) is 1.93. The molecule has 3 nitrogen and oxygen atoms in total. The van der Waals surface area contributed by atoms with E-state index < -0.39 is 11.5 Å². The number of aliphatic carboxylic acids is 1. The van der Waals surface area contributed by atoms with Gasteiger partial charge in [0.05, 0.1) is 0 Å². The number of hydrogen-bond donors (Lipinski definition) is 0. The normalized spacial score (nSPS) is 19.0. The van der Waals surface area contributed by atoms with E-state index in [-0.39, 0.29) is 51.4 Å². The van der Waals surface area contributed by atoms with Gasteiger partial charge in [-0.2, -0.15) is 0 Å². The minimum Gasteiger partial charge on any atom is -0.542 e. The molecule has 0 bridgehead atoms. The largest absolute Gasteiger partial charge is 1.00 e. The molecular formula is C5H4KNO2. The van der Waals surface area contributed by atoms with E-state index >= 15 is 0 Å². The van der Waals surface area contributed by atoms with Crippen molar-refractivity contribution < 1.29 is 61.3 Å². The second kappa shape index (κ2) is 3.13. The molecule has 1 fully saturated rings. The average Bonchev–Trinajstić information content (AvgIpc) is 2.44. The quantitative estimate of drug-likeness (QED) is 0.283. The minimum absolute atomic E-state index is 0. The molecular weight excluding hydrogens is 145 g/mol. The fourth-order valence-electron chi connectivity index (χ4n) is 0.480. The fourth-order valence-corrected chi connectivity index (χ4v) is 0.480. The first-order valence-electron chi connectivity index (χ1n) is 2.31. The van der Waals surface area contributed by atoms with E-state index in [1.807, 2.05) is 0 Å². The van der Waals surface area contributed by atoms with Crippen LogP contribution in [0.4, 0.5) is 0 Å². The molecule has 42 valence electrons. The van der Waals surface area contributed by atoms with Crippen molar-refractivity contribution in [3.05, 3.63) is 11.4 Å². The van der Waals surface area contributed by atoms with Gasteiger partial charge in [-0.25, -0.2) is 6.57 Å². The van der Waals surface area contributed by atoms with E-state index in [1.54, 1.807) is 0 Å². The molecule has 4 heteroatoms. The Morgan fingerprint density at radius 2 is 2.11 bits per heavy atom. The van der Waals surface area contributed by atoms with Gasteiger partial charge in [0.15, 0.2) is 0 Å². The molecule has 1 aliphatic carbocycles. The van der Waals surface area contributed by atoms with Crippen molar-refractivity contribution in [3.8, 4) is 0 Å². The van der Waals surface area contributed by atoms with Crippen molar-refractivity contribution >= 4 is 5.97 Å². The summed E-state index contributed by atoms with van der Waals surface area (Å²) in [7, 11) is 0. The molecule has 0 spiro atoms. The Kier molecular flexibility index (Phi) is 3.33. The summed E-state index contributed by atoms with van der Waals surface area (Å²) in [6.07, 6.45) is 0.942. The Morgan fingerprint density at radius 1 is 1.67 bits per heavy atom. The van der Waals surface area contributed by atoms with Crippen LogP contribution in [0, 0.1) is 6.57 Å². The Balaban J connectivity index is 0.000000640. The van der Waals surface area contributed by atoms with Crippen LogP contribution in [0.2, 0.25) is 0 Å². The van der Waals surface area contributed by atoms with E-state index in [0.717, 1.165) is 0 Å². The van der Waals surface area contributed by atoms with Crippen LogP contribution in [0.3, 0.4) is 0 Å². The average molecular weight is 149 g/mol. The number of nitrogens with zero attached hydrogens (tertiary/aromatic N) is 1. The van der Waals surface area contributed by atoms with E-state index in [1.165, 1.54) is 0 Å². The van der Waals surface area contributed by atoms with Crippen LogP contribution in [0.1, 0.15) is 12.8 Å². The summed E-state index contributed by atoms with van der Waals surface area (Å²) in [4.78, 5) is 12.9. The fraction of sp³-hybridized carbons (Fsp3) is 0.600. The molecule has 0 aromatic carbocycles. The minimum atomic E-state index is -1.22. The van der Waals surface area contributed by atoms with Gasteiger partial charge in [0.2, 0.25) is 0 Å². The zero-order valence-corrected chi connectivity index (χ0v) is 8.30. The maximum Gasteiger partial charge on any atom is 1.00 e. The zero-order chi connectivity index (χ0) is 6.20. The molecule has 0 aromatic rings. The molecule has 0 aliphatic heterocycles. The van der Waals surface area contributed by atoms with Crippen molar-refractivity contribution in [1.29, 1.82) is 0 Å². The second-order valence-electron chi connectivity index (χ2n) is 1.93. The Hall–Kier alpha value is 0.596. The van der Waals surface area contributed by atoms with Crippen molar-refractivity contribution in [2.24, 2.45) is 0 Å². The summed E-state index contributed by atoms with van der Waals surface area (Å²) < 4.78 is 0. The van der Waals surface area contributed by atoms with Gasteiger partial charge in [-0.1, -0.05) is 0 Å². The van der Waals surface area contributed by atoms with Gasteiger partial charge < -0.3 is 14.7 Å². The molecule has 0 radical (unpaired) electrons. The van der Waals surface area contributed by atoms with Gasteiger partial charge in [-0.15, -0.1) is 0 Å². The van der Waals surface area contributed by atoms with Crippen molar-refractivity contribution in [1.82, 2.24) is 0 Å². The number of carbonyl (C=O) groups is 1. The summed E-state index contributed by atoms with van der Waals surface area (Å²) >= 11 is 0. The Morgan fingerprint density at radius 3 is 2.11 bits per heavy atom.